The van der Waals surface area contributed by atoms with E-state index in [1.54, 1.807) is 24.3 Å². The van der Waals surface area contributed by atoms with Crippen molar-refractivity contribution in [3.8, 4) is 24.7 Å². The molecule has 2 aliphatic rings. The smallest absolute Gasteiger partial charge is 0.199 e. The van der Waals surface area contributed by atoms with Crippen LogP contribution in [0, 0.1) is 24.7 Å². The maximum Gasteiger partial charge on any atom is 0.371 e. The predicted octanol–water partition coefficient (Wildman–Crippen LogP) is 7.93. The molecule has 1 unspecified atom stereocenters. The SMILES string of the molecule is C#Cc1ccc(N=S(=O)(F)F)cc1.C#Cc1ccc(N=S(=O)(F)N2CCCCC2)cc1.C1CCCCC1. The minimum Gasteiger partial charge on any atom is -0.199 e. The van der Waals surface area contributed by atoms with Crippen LogP contribution in [0.4, 0.5) is 23.0 Å². The molecule has 1 aliphatic carbocycles. The molecule has 0 amide bonds. The maximum atomic E-state index is 14.1. The predicted molar refractivity (Wildman–Crippen MR) is 146 cm³/mol. The zero-order chi connectivity index (χ0) is 27.2. The van der Waals surface area contributed by atoms with Crippen LogP contribution >= 0.6 is 0 Å². The first-order valence-electron chi connectivity index (χ1n) is 12.1. The summed E-state index contributed by atoms with van der Waals surface area (Å²) < 4.78 is 67.5. The van der Waals surface area contributed by atoms with Gasteiger partial charge in [-0.25, -0.2) is 0 Å². The highest BCUT2D eigenvalue weighted by molar-refractivity contribution is 7.86. The Labute approximate surface area is 220 Å². The van der Waals surface area contributed by atoms with Gasteiger partial charge in [0.25, 0.3) is 10.3 Å². The second kappa shape index (κ2) is 15.5. The average molecular weight is 552 g/mol. The number of terminal acetylenes is 2. The fourth-order valence-electron chi connectivity index (χ4n) is 3.70. The fraction of sp³-hybridized carbons (Fsp3) is 0.407. The van der Waals surface area contributed by atoms with E-state index >= 15 is 0 Å². The van der Waals surface area contributed by atoms with Crippen molar-refractivity contribution in [2.24, 2.45) is 8.73 Å². The Morgan fingerprint density at radius 2 is 0.973 bits per heavy atom. The van der Waals surface area contributed by atoms with Crippen LogP contribution in [-0.4, -0.2) is 25.8 Å². The second-order valence-corrected chi connectivity index (χ2v) is 11.0. The molecule has 200 valence electrons. The first kappa shape index (κ1) is 30.4. The van der Waals surface area contributed by atoms with Crippen molar-refractivity contribution in [1.29, 1.82) is 0 Å². The van der Waals surface area contributed by atoms with Crippen LogP contribution in [0.15, 0.2) is 57.3 Å². The summed E-state index contributed by atoms with van der Waals surface area (Å²) in [5.74, 6) is 4.78. The monoisotopic (exact) mass is 551 g/mol. The normalized spacial score (nSPS) is 17.2. The van der Waals surface area contributed by atoms with Gasteiger partial charge in [-0.2, -0.15) is 17.1 Å². The lowest BCUT2D eigenvalue weighted by atomic mass is 10.0. The molecule has 2 aromatic carbocycles. The molecule has 1 saturated carbocycles. The van der Waals surface area contributed by atoms with E-state index in [-0.39, 0.29) is 5.69 Å². The number of hydrogen-bond donors (Lipinski definition) is 0. The van der Waals surface area contributed by atoms with E-state index in [9.17, 15) is 20.1 Å². The Hall–Kier alpha value is -2.79. The lowest BCUT2D eigenvalue weighted by Gasteiger charge is -2.24. The van der Waals surface area contributed by atoms with Gasteiger partial charge < -0.3 is 0 Å². The lowest BCUT2D eigenvalue weighted by molar-refractivity contribution is 0.349. The fourth-order valence-corrected chi connectivity index (χ4v) is 5.27. The highest BCUT2D eigenvalue weighted by Gasteiger charge is 2.21. The van der Waals surface area contributed by atoms with Crippen molar-refractivity contribution >= 4 is 32.2 Å². The summed E-state index contributed by atoms with van der Waals surface area (Å²) in [6, 6.07) is 11.9. The van der Waals surface area contributed by atoms with Gasteiger partial charge in [-0.05, 0) is 61.4 Å². The van der Waals surface area contributed by atoms with Gasteiger partial charge in [0.2, 0.25) is 0 Å². The number of rotatable bonds is 3. The van der Waals surface area contributed by atoms with Gasteiger partial charge in [-0.3, -0.25) is 0 Å². The molecule has 1 atom stereocenters. The Bertz CT molecular complexity index is 1290. The standard InChI is InChI=1S/C13H15FN2OS.C8H5F2NOS.C6H12/c1-2-12-6-8-13(9-7-12)15-18(14,17)16-10-4-3-5-11-16;1-2-7-3-5-8(6-4-7)11-13(9,10)12;1-2-4-6-5-3-1/h1,6-9H,3-5,10-11H2;1,3-6H;1-6H2. The molecule has 1 saturated heterocycles. The molecule has 2 fully saturated rings. The van der Waals surface area contributed by atoms with E-state index in [1.807, 2.05) is 0 Å². The molecule has 0 aromatic heterocycles. The summed E-state index contributed by atoms with van der Waals surface area (Å²) in [5, 5.41) is 0. The van der Waals surface area contributed by atoms with Gasteiger partial charge in [0, 0.05) is 24.2 Å². The largest absolute Gasteiger partial charge is 0.371 e. The summed E-state index contributed by atoms with van der Waals surface area (Å²) in [5.41, 5.74) is 1.56. The Balaban J connectivity index is 0.000000220. The van der Waals surface area contributed by atoms with Crippen molar-refractivity contribution in [2.45, 2.75) is 57.8 Å². The molecular weight excluding hydrogens is 519 g/mol. The summed E-state index contributed by atoms with van der Waals surface area (Å²) >= 11 is 0. The summed E-state index contributed by atoms with van der Waals surface area (Å²) in [7, 11) is -8.87. The third-order valence-corrected chi connectivity index (χ3v) is 7.49. The molecule has 0 radical (unpaired) electrons. The summed E-state index contributed by atoms with van der Waals surface area (Å²) in [6.07, 6.45) is 22.1. The molecule has 4 rings (SSSR count). The average Bonchev–Trinajstić information content (AvgIpc) is 2.91. The van der Waals surface area contributed by atoms with Gasteiger partial charge >= 0.3 is 10.5 Å². The van der Waals surface area contributed by atoms with E-state index in [4.69, 9.17) is 12.8 Å². The van der Waals surface area contributed by atoms with E-state index in [2.05, 4.69) is 20.6 Å². The maximum absolute atomic E-state index is 14.1. The van der Waals surface area contributed by atoms with E-state index in [0.29, 0.717) is 29.9 Å². The molecule has 2 aromatic rings. The zero-order valence-corrected chi connectivity index (χ0v) is 22.3. The van der Waals surface area contributed by atoms with Crippen molar-refractivity contribution in [2.75, 3.05) is 13.1 Å². The van der Waals surface area contributed by atoms with Crippen molar-refractivity contribution in [3.63, 3.8) is 0 Å². The summed E-state index contributed by atoms with van der Waals surface area (Å²) in [6.45, 7) is 1.00. The van der Waals surface area contributed by atoms with Crippen LogP contribution in [0.3, 0.4) is 0 Å². The van der Waals surface area contributed by atoms with Crippen LogP contribution in [0.5, 0.6) is 0 Å². The van der Waals surface area contributed by atoms with Gasteiger partial charge in [0.1, 0.15) is 0 Å². The van der Waals surface area contributed by atoms with Crippen LogP contribution in [0.2, 0.25) is 0 Å². The molecule has 1 aliphatic heterocycles. The Morgan fingerprint density at radius 1 is 0.622 bits per heavy atom. The number of benzene rings is 2. The van der Waals surface area contributed by atoms with Crippen LogP contribution < -0.4 is 0 Å². The molecule has 5 nitrogen and oxygen atoms in total. The third kappa shape index (κ3) is 12.3. The molecule has 0 bridgehead atoms. The third-order valence-electron chi connectivity index (χ3n) is 5.63. The number of hydrogen-bond acceptors (Lipinski definition) is 4. The number of piperidine rings is 1. The van der Waals surface area contributed by atoms with Gasteiger partial charge in [-0.15, -0.1) is 21.1 Å². The Kier molecular flexibility index (Phi) is 12.7. The van der Waals surface area contributed by atoms with E-state index < -0.39 is 20.8 Å². The molecular formula is C27H32F3N3O2S2. The van der Waals surface area contributed by atoms with Gasteiger partial charge in [0.05, 0.1) is 11.4 Å². The molecule has 37 heavy (non-hydrogen) atoms. The first-order valence-corrected chi connectivity index (χ1v) is 14.8. The van der Waals surface area contributed by atoms with Crippen LogP contribution in [-0.2, 0) is 20.8 Å². The Morgan fingerprint density at radius 3 is 1.32 bits per heavy atom. The zero-order valence-electron chi connectivity index (χ0n) is 20.7. The molecule has 1 heterocycles. The van der Waals surface area contributed by atoms with Gasteiger partial charge in [-0.1, -0.05) is 64.6 Å². The number of halogens is 3. The van der Waals surface area contributed by atoms with Crippen molar-refractivity contribution in [1.82, 2.24) is 4.31 Å². The molecule has 0 spiro atoms. The minimum absolute atomic E-state index is 0.0472. The van der Waals surface area contributed by atoms with E-state index in [0.717, 1.165) is 19.3 Å². The topological polar surface area (TPSA) is 62.1 Å². The number of nitrogens with zero attached hydrogens (tertiary/aromatic N) is 3. The molecule has 0 N–H and O–H groups in total. The molecule has 10 heteroatoms. The van der Waals surface area contributed by atoms with E-state index in [1.165, 1.54) is 67.1 Å². The minimum atomic E-state index is -5.07. The highest BCUT2D eigenvalue weighted by atomic mass is 32.3. The quantitative estimate of drug-likeness (QED) is 0.287. The van der Waals surface area contributed by atoms with Gasteiger partial charge in [0.15, 0.2) is 0 Å². The highest BCUT2D eigenvalue weighted by Crippen LogP contribution is 2.22. The summed E-state index contributed by atoms with van der Waals surface area (Å²) in [4.78, 5) is 0. The first-order chi connectivity index (χ1) is 17.6. The van der Waals surface area contributed by atoms with Crippen LogP contribution in [0.1, 0.15) is 68.9 Å². The van der Waals surface area contributed by atoms with Crippen molar-refractivity contribution in [3.05, 3.63) is 59.7 Å². The van der Waals surface area contributed by atoms with Crippen molar-refractivity contribution < 1.29 is 20.1 Å². The van der Waals surface area contributed by atoms with Crippen LogP contribution in [0.25, 0.3) is 0 Å². The second-order valence-electron chi connectivity index (χ2n) is 8.50. The lowest BCUT2D eigenvalue weighted by Crippen LogP contribution is -2.32.